The molecule has 2 radical (unpaired) electrons. The van der Waals surface area contributed by atoms with E-state index in [9.17, 15) is 9.59 Å². The van der Waals surface area contributed by atoms with Crippen molar-refractivity contribution in [3.63, 3.8) is 0 Å². The summed E-state index contributed by atoms with van der Waals surface area (Å²) >= 11 is 0. The molecule has 12 heavy (non-hydrogen) atoms. The average Bonchev–Trinajstić information content (AvgIpc) is 2.09. The first kappa shape index (κ1) is 8.65. The zero-order valence-corrected chi connectivity index (χ0v) is 6.54. The summed E-state index contributed by atoms with van der Waals surface area (Å²) in [5.41, 5.74) is 1.71. The van der Waals surface area contributed by atoms with Crippen molar-refractivity contribution in [2.75, 3.05) is 0 Å². The van der Waals surface area contributed by atoms with Gasteiger partial charge in [0.05, 0.1) is 0 Å². The Morgan fingerprint density at radius 2 is 1.33 bits per heavy atom. The van der Waals surface area contributed by atoms with Crippen molar-refractivity contribution in [2.45, 2.75) is 12.8 Å². The first-order valence-corrected chi connectivity index (χ1v) is 3.65. The summed E-state index contributed by atoms with van der Waals surface area (Å²) in [6, 6.07) is 7.30. The molecule has 2 nitrogen and oxygen atoms in total. The van der Waals surface area contributed by atoms with Gasteiger partial charge in [0.2, 0.25) is 12.6 Å². The molecule has 0 aliphatic rings. The molecule has 0 aliphatic heterocycles. The minimum absolute atomic E-state index is 0.248. The second-order valence-corrected chi connectivity index (χ2v) is 2.41. The molecule has 0 spiro atoms. The smallest absolute Gasteiger partial charge is 0.203 e. The Labute approximate surface area is 71.2 Å². The van der Waals surface area contributed by atoms with Gasteiger partial charge in [-0.3, -0.25) is 9.59 Å². The van der Waals surface area contributed by atoms with Gasteiger partial charge in [-0.1, -0.05) is 24.3 Å². The molecule has 0 fully saturated rings. The summed E-state index contributed by atoms with van der Waals surface area (Å²) < 4.78 is 0. The molecular weight excluding hydrogens is 152 g/mol. The summed E-state index contributed by atoms with van der Waals surface area (Å²) in [6.45, 7) is 0. The highest BCUT2D eigenvalue weighted by Crippen LogP contribution is 2.08. The Kier molecular flexibility index (Phi) is 3.20. The van der Waals surface area contributed by atoms with Gasteiger partial charge < -0.3 is 0 Å². The van der Waals surface area contributed by atoms with Crippen LogP contribution in [0.2, 0.25) is 0 Å². The first-order valence-electron chi connectivity index (χ1n) is 3.65. The highest BCUT2D eigenvalue weighted by Gasteiger charge is 1.99. The van der Waals surface area contributed by atoms with Crippen molar-refractivity contribution in [3.05, 3.63) is 35.4 Å². The lowest BCUT2D eigenvalue weighted by molar-refractivity contribution is 0.552. The maximum Gasteiger partial charge on any atom is 0.203 e. The molecule has 60 valence electrons. The normalized spacial score (nSPS) is 9.33. The Morgan fingerprint density at radius 1 is 0.917 bits per heavy atom. The van der Waals surface area contributed by atoms with Crippen LogP contribution in [0.15, 0.2) is 24.3 Å². The standard InChI is InChI=1S/C10H8O2/c11-7-5-9-3-1-2-4-10(9)6-8-12/h1-4H,5-6H2. The molecule has 0 N–H and O–H groups in total. The SMILES string of the molecule is O=[C]Cc1ccccc1C[C]=O. The Morgan fingerprint density at radius 3 is 1.67 bits per heavy atom. The van der Waals surface area contributed by atoms with E-state index in [0.717, 1.165) is 11.1 Å². The van der Waals surface area contributed by atoms with Crippen LogP contribution in [0.5, 0.6) is 0 Å². The fourth-order valence-corrected chi connectivity index (χ4v) is 1.06. The van der Waals surface area contributed by atoms with Crippen LogP contribution < -0.4 is 0 Å². The third kappa shape index (κ3) is 2.02. The molecule has 2 heteroatoms. The van der Waals surface area contributed by atoms with Crippen molar-refractivity contribution in [1.82, 2.24) is 0 Å². The zero-order chi connectivity index (χ0) is 8.81. The monoisotopic (exact) mass is 160 g/mol. The van der Waals surface area contributed by atoms with Crippen LogP contribution in [0, 0.1) is 0 Å². The summed E-state index contributed by atoms with van der Waals surface area (Å²) in [7, 11) is 0. The van der Waals surface area contributed by atoms with Crippen molar-refractivity contribution in [2.24, 2.45) is 0 Å². The topological polar surface area (TPSA) is 34.1 Å². The lowest BCUT2D eigenvalue weighted by atomic mass is 10.0. The average molecular weight is 160 g/mol. The highest BCUT2D eigenvalue weighted by atomic mass is 16.1. The molecule has 0 aliphatic carbocycles. The van der Waals surface area contributed by atoms with Crippen LogP contribution in [-0.4, -0.2) is 12.6 Å². The first-order chi connectivity index (χ1) is 5.88. The molecule has 0 atom stereocenters. The molecule has 0 aromatic heterocycles. The van der Waals surface area contributed by atoms with E-state index < -0.39 is 0 Å². The molecular formula is C10H8O2. The second-order valence-electron chi connectivity index (χ2n) is 2.41. The van der Waals surface area contributed by atoms with Crippen molar-refractivity contribution < 1.29 is 9.59 Å². The van der Waals surface area contributed by atoms with E-state index in [1.54, 1.807) is 12.6 Å². The van der Waals surface area contributed by atoms with Crippen LogP contribution in [0.4, 0.5) is 0 Å². The predicted molar refractivity (Wildman–Crippen MR) is 45.2 cm³/mol. The van der Waals surface area contributed by atoms with E-state index in [2.05, 4.69) is 0 Å². The molecule has 1 aromatic carbocycles. The van der Waals surface area contributed by atoms with E-state index >= 15 is 0 Å². The summed E-state index contributed by atoms with van der Waals surface area (Å²) in [5, 5.41) is 0. The van der Waals surface area contributed by atoms with Crippen LogP contribution in [0.25, 0.3) is 0 Å². The molecule has 0 bridgehead atoms. The number of hydrogen-bond donors (Lipinski definition) is 0. The summed E-state index contributed by atoms with van der Waals surface area (Å²) in [4.78, 5) is 20.2. The molecule has 0 saturated heterocycles. The Balaban J connectivity index is 2.90. The van der Waals surface area contributed by atoms with E-state index in [1.165, 1.54) is 0 Å². The van der Waals surface area contributed by atoms with Crippen LogP contribution in [0.3, 0.4) is 0 Å². The van der Waals surface area contributed by atoms with E-state index in [4.69, 9.17) is 0 Å². The molecule has 1 aromatic rings. The fourth-order valence-electron chi connectivity index (χ4n) is 1.06. The van der Waals surface area contributed by atoms with Gasteiger partial charge in [0, 0.05) is 12.8 Å². The van der Waals surface area contributed by atoms with Gasteiger partial charge in [-0.25, -0.2) is 0 Å². The lowest BCUT2D eigenvalue weighted by Crippen LogP contribution is -1.95. The number of carbonyl (C=O) groups excluding carboxylic acids is 2. The van der Waals surface area contributed by atoms with Gasteiger partial charge in [0.25, 0.3) is 0 Å². The molecule has 0 amide bonds. The third-order valence-corrected chi connectivity index (χ3v) is 1.64. The van der Waals surface area contributed by atoms with E-state index in [0.29, 0.717) is 0 Å². The lowest BCUT2D eigenvalue weighted by Gasteiger charge is -2.00. The maximum atomic E-state index is 10.1. The van der Waals surface area contributed by atoms with Crippen molar-refractivity contribution >= 4 is 12.6 Å². The van der Waals surface area contributed by atoms with E-state index in [-0.39, 0.29) is 12.8 Å². The number of benzene rings is 1. The van der Waals surface area contributed by atoms with Gasteiger partial charge in [0.15, 0.2) is 0 Å². The summed E-state index contributed by atoms with van der Waals surface area (Å²) in [5.74, 6) is 0. The number of rotatable bonds is 4. The molecule has 0 unspecified atom stereocenters. The molecule has 1 rings (SSSR count). The highest BCUT2D eigenvalue weighted by molar-refractivity contribution is 5.61. The van der Waals surface area contributed by atoms with Gasteiger partial charge in [0.1, 0.15) is 0 Å². The van der Waals surface area contributed by atoms with E-state index in [1.807, 2.05) is 24.3 Å². The Hall–Kier alpha value is -1.44. The number of hydrogen-bond acceptors (Lipinski definition) is 2. The minimum Gasteiger partial charge on any atom is -0.291 e. The second kappa shape index (κ2) is 4.44. The van der Waals surface area contributed by atoms with Gasteiger partial charge in [-0.15, -0.1) is 0 Å². The zero-order valence-electron chi connectivity index (χ0n) is 6.54. The van der Waals surface area contributed by atoms with Crippen LogP contribution in [-0.2, 0) is 22.4 Å². The third-order valence-electron chi connectivity index (χ3n) is 1.64. The van der Waals surface area contributed by atoms with Crippen molar-refractivity contribution in [3.8, 4) is 0 Å². The largest absolute Gasteiger partial charge is 0.291 e. The quantitative estimate of drug-likeness (QED) is 0.658. The fraction of sp³-hybridized carbons (Fsp3) is 0.200. The van der Waals surface area contributed by atoms with Gasteiger partial charge in [-0.05, 0) is 11.1 Å². The molecule has 0 heterocycles. The van der Waals surface area contributed by atoms with Gasteiger partial charge >= 0.3 is 0 Å². The van der Waals surface area contributed by atoms with Gasteiger partial charge in [-0.2, -0.15) is 0 Å². The Bertz CT molecular complexity index is 250. The molecule has 0 saturated carbocycles. The minimum atomic E-state index is 0.248. The van der Waals surface area contributed by atoms with Crippen LogP contribution in [0.1, 0.15) is 11.1 Å². The van der Waals surface area contributed by atoms with Crippen molar-refractivity contribution in [1.29, 1.82) is 0 Å². The van der Waals surface area contributed by atoms with Crippen LogP contribution >= 0.6 is 0 Å². The predicted octanol–water partition coefficient (Wildman–Crippen LogP) is 0.991. The maximum absolute atomic E-state index is 10.1. The summed E-state index contributed by atoms with van der Waals surface area (Å²) in [6.07, 6.45) is 4.10.